The van der Waals surface area contributed by atoms with Crippen molar-refractivity contribution in [2.45, 2.75) is 37.8 Å². The highest BCUT2D eigenvalue weighted by Crippen LogP contribution is 2.24. The lowest BCUT2D eigenvalue weighted by atomic mass is 10.1. The van der Waals surface area contributed by atoms with E-state index in [0.29, 0.717) is 23.6 Å². The molecule has 1 atom stereocenters. The highest BCUT2D eigenvalue weighted by molar-refractivity contribution is 7.89. The van der Waals surface area contributed by atoms with Gasteiger partial charge in [0.05, 0.1) is 31.4 Å². The summed E-state index contributed by atoms with van der Waals surface area (Å²) in [6, 6.07) is 15.6. The molecule has 0 radical (unpaired) electrons. The van der Waals surface area contributed by atoms with Crippen LogP contribution in [0.3, 0.4) is 0 Å². The van der Waals surface area contributed by atoms with Gasteiger partial charge in [0.2, 0.25) is 21.8 Å². The van der Waals surface area contributed by atoms with Crippen LogP contribution in [0.5, 0.6) is 5.75 Å². The summed E-state index contributed by atoms with van der Waals surface area (Å²) >= 11 is 0. The molecule has 9 nitrogen and oxygen atoms in total. The molecule has 0 aliphatic rings. The van der Waals surface area contributed by atoms with Gasteiger partial charge in [0.15, 0.2) is 0 Å². The second kappa shape index (κ2) is 11.7. The maximum Gasteiger partial charge on any atom is 0.243 e. The maximum absolute atomic E-state index is 13.4. The van der Waals surface area contributed by atoms with Gasteiger partial charge >= 0.3 is 0 Å². The van der Waals surface area contributed by atoms with E-state index in [9.17, 15) is 18.0 Å². The number of hydrogen-bond acceptors (Lipinski definition) is 6. The SMILES string of the molecule is CCC(C(=O)NCc1ccco1)N(C(=O)CNS(=O)(=O)c1ccc(OC)cc1)c1ccccc1C. The number of carbonyl (C=O) groups excluding carboxylic acids is 2. The minimum Gasteiger partial charge on any atom is -0.497 e. The van der Waals surface area contributed by atoms with Gasteiger partial charge in [0.25, 0.3) is 0 Å². The van der Waals surface area contributed by atoms with Crippen molar-refractivity contribution in [1.82, 2.24) is 10.0 Å². The van der Waals surface area contributed by atoms with E-state index in [2.05, 4.69) is 10.0 Å². The van der Waals surface area contributed by atoms with Crippen LogP contribution in [0.15, 0.2) is 76.2 Å². The van der Waals surface area contributed by atoms with E-state index in [4.69, 9.17) is 9.15 Å². The number of sulfonamides is 1. The summed E-state index contributed by atoms with van der Waals surface area (Å²) in [7, 11) is -2.48. The van der Waals surface area contributed by atoms with Crippen molar-refractivity contribution in [3.63, 3.8) is 0 Å². The molecular formula is C25H29N3O6S. The molecule has 0 spiro atoms. The van der Waals surface area contributed by atoms with Gasteiger partial charge in [-0.25, -0.2) is 13.1 Å². The second-order valence-corrected chi connectivity index (χ2v) is 9.54. The van der Waals surface area contributed by atoms with Crippen LogP contribution in [0.4, 0.5) is 5.69 Å². The lowest BCUT2D eigenvalue weighted by Gasteiger charge is -2.31. The molecule has 0 aliphatic heterocycles. The molecule has 10 heteroatoms. The van der Waals surface area contributed by atoms with Crippen molar-refractivity contribution >= 4 is 27.5 Å². The fourth-order valence-electron chi connectivity index (χ4n) is 3.58. The zero-order valence-corrected chi connectivity index (χ0v) is 20.7. The first-order valence-corrected chi connectivity index (χ1v) is 12.6. The summed E-state index contributed by atoms with van der Waals surface area (Å²) in [4.78, 5) is 27.8. The molecule has 1 aromatic heterocycles. The smallest absolute Gasteiger partial charge is 0.243 e. The van der Waals surface area contributed by atoms with Crippen molar-refractivity contribution in [2.75, 3.05) is 18.6 Å². The van der Waals surface area contributed by atoms with Crippen molar-refractivity contribution in [3.8, 4) is 5.75 Å². The quantitative estimate of drug-likeness (QED) is 0.419. The number of aryl methyl sites for hydroxylation is 1. The monoisotopic (exact) mass is 499 g/mol. The molecule has 35 heavy (non-hydrogen) atoms. The Balaban J connectivity index is 1.82. The largest absolute Gasteiger partial charge is 0.497 e. The number of ether oxygens (including phenoxy) is 1. The first-order valence-electron chi connectivity index (χ1n) is 11.1. The van der Waals surface area contributed by atoms with E-state index in [1.54, 1.807) is 31.2 Å². The maximum atomic E-state index is 13.4. The zero-order valence-electron chi connectivity index (χ0n) is 19.9. The van der Waals surface area contributed by atoms with Gasteiger partial charge in [0.1, 0.15) is 17.6 Å². The number of para-hydroxylation sites is 1. The number of carbonyl (C=O) groups is 2. The van der Waals surface area contributed by atoms with E-state index in [1.165, 1.54) is 42.5 Å². The van der Waals surface area contributed by atoms with Gasteiger partial charge in [0, 0.05) is 5.69 Å². The fourth-order valence-corrected chi connectivity index (χ4v) is 4.55. The summed E-state index contributed by atoms with van der Waals surface area (Å²) < 4.78 is 38.2. The van der Waals surface area contributed by atoms with Gasteiger partial charge in [-0.2, -0.15) is 0 Å². The van der Waals surface area contributed by atoms with E-state index >= 15 is 0 Å². The van der Waals surface area contributed by atoms with Gasteiger partial charge in [-0.3, -0.25) is 14.5 Å². The van der Waals surface area contributed by atoms with Crippen molar-refractivity contribution in [3.05, 3.63) is 78.3 Å². The Hall–Kier alpha value is -3.63. The first-order chi connectivity index (χ1) is 16.8. The molecule has 0 bridgehead atoms. The van der Waals surface area contributed by atoms with Crippen LogP contribution in [0, 0.1) is 6.92 Å². The summed E-state index contributed by atoms with van der Waals surface area (Å²) in [6.45, 7) is 3.26. The predicted molar refractivity (Wildman–Crippen MR) is 131 cm³/mol. The van der Waals surface area contributed by atoms with Crippen molar-refractivity contribution in [1.29, 1.82) is 0 Å². The topological polar surface area (TPSA) is 118 Å². The zero-order chi connectivity index (χ0) is 25.4. The van der Waals surface area contributed by atoms with E-state index in [0.717, 1.165) is 5.56 Å². The van der Waals surface area contributed by atoms with Crippen LogP contribution in [-0.4, -0.2) is 39.9 Å². The average molecular weight is 500 g/mol. The van der Waals surface area contributed by atoms with Gasteiger partial charge < -0.3 is 14.5 Å². The Bertz CT molecular complexity index is 1240. The Kier molecular flexibility index (Phi) is 8.67. The predicted octanol–water partition coefficient (Wildman–Crippen LogP) is 3.00. The number of hydrogen-bond donors (Lipinski definition) is 2. The van der Waals surface area contributed by atoms with Crippen LogP contribution < -0.4 is 19.7 Å². The molecule has 0 aliphatic carbocycles. The number of furan rings is 1. The molecule has 2 aromatic carbocycles. The van der Waals surface area contributed by atoms with E-state index in [-0.39, 0.29) is 17.3 Å². The number of rotatable bonds is 11. The molecule has 2 N–H and O–H groups in total. The standard InChI is InChI=1S/C25H29N3O6S/c1-4-22(25(30)26-16-20-9-7-15-34-20)28(23-10-6-5-8-18(23)2)24(29)17-27-35(31,32)21-13-11-19(33-3)12-14-21/h5-15,22,27H,4,16-17H2,1-3H3,(H,26,30). The van der Waals surface area contributed by atoms with Gasteiger partial charge in [-0.05, 0) is 61.4 Å². The minimum atomic E-state index is -3.96. The van der Waals surface area contributed by atoms with Crippen LogP contribution >= 0.6 is 0 Å². The summed E-state index contributed by atoms with van der Waals surface area (Å²) in [6.07, 6.45) is 1.83. The first kappa shape index (κ1) is 26.0. The molecule has 1 unspecified atom stereocenters. The number of amides is 2. The van der Waals surface area contributed by atoms with Crippen LogP contribution in [0.2, 0.25) is 0 Å². The van der Waals surface area contributed by atoms with Crippen LogP contribution in [-0.2, 0) is 26.2 Å². The van der Waals surface area contributed by atoms with Crippen molar-refractivity contribution in [2.24, 2.45) is 0 Å². The summed E-state index contributed by atoms with van der Waals surface area (Å²) in [5.41, 5.74) is 1.30. The number of methoxy groups -OCH3 is 1. The fraction of sp³-hybridized carbons (Fsp3) is 0.280. The van der Waals surface area contributed by atoms with E-state index < -0.39 is 28.5 Å². The van der Waals surface area contributed by atoms with Crippen molar-refractivity contribution < 1.29 is 27.2 Å². The molecule has 0 saturated heterocycles. The normalized spacial score (nSPS) is 12.1. The molecule has 3 aromatic rings. The molecule has 186 valence electrons. The number of anilines is 1. The van der Waals surface area contributed by atoms with Crippen LogP contribution in [0.1, 0.15) is 24.7 Å². The number of nitrogens with one attached hydrogen (secondary N) is 2. The molecular weight excluding hydrogens is 470 g/mol. The molecule has 0 fully saturated rings. The Morgan fingerprint density at radius 2 is 1.77 bits per heavy atom. The summed E-state index contributed by atoms with van der Waals surface area (Å²) in [5, 5.41) is 2.79. The third-order valence-electron chi connectivity index (χ3n) is 5.44. The van der Waals surface area contributed by atoms with Gasteiger partial charge in [-0.1, -0.05) is 25.1 Å². The highest BCUT2D eigenvalue weighted by atomic mass is 32.2. The Morgan fingerprint density at radius 1 is 1.06 bits per heavy atom. The lowest BCUT2D eigenvalue weighted by Crippen LogP contribution is -2.52. The van der Waals surface area contributed by atoms with Gasteiger partial charge in [-0.15, -0.1) is 0 Å². The number of benzene rings is 2. The Labute approximate surface area is 205 Å². The Morgan fingerprint density at radius 3 is 2.37 bits per heavy atom. The molecule has 1 heterocycles. The third-order valence-corrected chi connectivity index (χ3v) is 6.86. The number of nitrogens with zero attached hydrogens (tertiary/aromatic N) is 1. The second-order valence-electron chi connectivity index (χ2n) is 7.77. The van der Waals surface area contributed by atoms with Crippen LogP contribution in [0.25, 0.3) is 0 Å². The minimum absolute atomic E-state index is 0.00299. The molecule has 3 rings (SSSR count). The summed E-state index contributed by atoms with van der Waals surface area (Å²) in [5.74, 6) is 0.154. The lowest BCUT2D eigenvalue weighted by molar-refractivity contribution is -0.126. The molecule has 2 amide bonds. The highest BCUT2D eigenvalue weighted by Gasteiger charge is 2.31. The average Bonchev–Trinajstić information content (AvgIpc) is 3.39. The third kappa shape index (κ3) is 6.49. The van der Waals surface area contributed by atoms with E-state index in [1.807, 2.05) is 19.1 Å². The molecule has 0 saturated carbocycles.